The van der Waals surface area contributed by atoms with E-state index in [2.05, 4.69) is 15.9 Å². The van der Waals surface area contributed by atoms with Crippen molar-refractivity contribution < 1.29 is 10.0 Å². The summed E-state index contributed by atoms with van der Waals surface area (Å²) >= 11 is 8.41. The van der Waals surface area contributed by atoms with Crippen LogP contribution < -0.4 is 0 Å². The number of nitro benzene ring substituents is 1. The van der Waals surface area contributed by atoms with Crippen LogP contribution in [0.4, 0.5) is 5.69 Å². The predicted molar refractivity (Wildman–Crippen MR) is 47.5 cm³/mol. The highest BCUT2D eigenvalue weighted by Gasteiger charge is 2.14. The number of benzene rings is 1. The van der Waals surface area contributed by atoms with E-state index in [1.807, 2.05) is 0 Å². The number of hydrogen-bond acceptors (Lipinski definition) is 3. The van der Waals surface area contributed by atoms with Crippen LogP contribution in [0.5, 0.6) is 5.75 Å². The minimum absolute atomic E-state index is 0.0827. The lowest BCUT2D eigenvalue weighted by atomic mass is 10.3. The van der Waals surface area contributed by atoms with E-state index in [9.17, 15) is 10.1 Å². The zero-order chi connectivity index (χ0) is 9.30. The van der Waals surface area contributed by atoms with Gasteiger partial charge in [-0.3, -0.25) is 10.1 Å². The SMILES string of the molecule is O=[N+]([O-])c1cc(Br)c(O)cc1Cl. The first-order valence-corrected chi connectivity index (χ1v) is 4.02. The zero-order valence-electron chi connectivity index (χ0n) is 5.62. The second-order valence-electron chi connectivity index (χ2n) is 2.01. The van der Waals surface area contributed by atoms with Gasteiger partial charge in [-0.05, 0) is 15.9 Å². The molecule has 0 saturated carbocycles. The zero-order valence-corrected chi connectivity index (χ0v) is 7.96. The van der Waals surface area contributed by atoms with E-state index >= 15 is 0 Å². The number of nitrogens with zero attached hydrogens (tertiary/aromatic N) is 1. The van der Waals surface area contributed by atoms with Gasteiger partial charge in [0, 0.05) is 12.1 Å². The molecule has 0 aliphatic carbocycles. The average molecular weight is 252 g/mol. The summed E-state index contributed by atoms with van der Waals surface area (Å²) in [6.45, 7) is 0. The summed E-state index contributed by atoms with van der Waals surface area (Å²) in [5.41, 5.74) is -0.235. The number of hydrogen-bond donors (Lipinski definition) is 1. The van der Waals surface area contributed by atoms with Crippen molar-refractivity contribution in [2.75, 3.05) is 0 Å². The third-order valence-corrected chi connectivity index (χ3v) is 2.15. The molecular weight excluding hydrogens is 249 g/mol. The van der Waals surface area contributed by atoms with Crippen LogP contribution in [0.15, 0.2) is 16.6 Å². The molecule has 0 aliphatic rings. The molecule has 0 amide bonds. The highest BCUT2D eigenvalue weighted by atomic mass is 79.9. The summed E-state index contributed by atoms with van der Waals surface area (Å²) in [4.78, 5) is 9.69. The number of halogens is 2. The number of nitro groups is 1. The molecule has 4 nitrogen and oxygen atoms in total. The van der Waals surface area contributed by atoms with Gasteiger partial charge in [-0.15, -0.1) is 0 Å². The van der Waals surface area contributed by atoms with Gasteiger partial charge in [0.05, 0.1) is 9.40 Å². The van der Waals surface area contributed by atoms with Crippen molar-refractivity contribution in [1.29, 1.82) is 0 Å². The molecule has 1 aromatic carbocycles. The Morgan fingerprint density at radius 1 is 1.58 bits per heavy atom. The second-order valence-corrected chi connectivity index (χ2v) is 3.27. The van der Waals surface area contributed by atoms with Crippen LogP contribution in [0.1, 0.15) is 0 Å². The third kappa shape index (κ3) is 1.67. The lowest BCUT2D eigenvalue weighted by Gasteiger charge is -1.98. The Bertz CT molecular complexity index is 342. The van der Waals surface area contributed by atoms with Gasteiger partial charge in [-0.2, -0.15) is 0 Å². The van der Waals surface area contributed by atoms with Crippen molar-refractivity contribution in [2.24, 2.45) is 0 Å². The Kier molecular flexibility index (Phi) is 2.54. The molecule has 0 saturated heterocycles. The Balaban J connectivity index is 3.33. The summed E-state index contributed by atoms with van der Waals surface area (Å²) in [5, 5.41) is 19.3. The smallest absolute Gasteiger partial charge is 0.289 e. The normalized spacial score (nSPS) is 9.83. The van der Waals surface area contributed by atoms with Crippen molar-refractivity contribution in [1.82, 2.24) is 0 Å². The predicted octanol–water partition coefficient (Wildman–Crippen LogP) is 2.72. The van der Waals surface area contributed by atoms with Crippen LogP contribution in [0, 0.1) is 10.1 Å². The van der Waals surface area contributed by atoms with E-state index in [-0.39, 0.29) is 20.9 Å². The molecule has 1 rings (SSSR count). The Hall–Kier alpha value is -0.810. The Morgan fingerprint density at radius 2 is 2.17 bits per heavy atom. The maximum Gasteiger partial charge on any atom is 0.289 e. The van der Waals surface area contributed by atoms with Gasteiger partial charge in [0.1, 0.15) is 10.8 Å². The van der Waals surface area contributed by atoms with Crippen LogP contribution in [0.2, 0.25) is 5.02 Å². The quantitative estimate of drug-likeness (QED) is 0.617. The Labute approximate surface area is 81.0 Å². The van der Waals surface area contributed by atoms with Crippen LogP contribution >= 0.6 is 27.5 Å². The van der Waals surface area contributed by atoms with Gasteiger partial charge in [0.15, 0.2) is 0 Å². The van der Waals surface area contributed by atoms with E-state index in [4.69, 9.17) is 16.7 Å². The largest absolute Gasteiger partial charge is 0.507 e. The molecule has 0 radical (unpaired) electrons. The number of aromatic hydroxyl groups is 1. The number of phenols is 1. The molecule has 0 spiro atoms. The van der Waals surface area contributed by atoms with Crippen LogP contribution in [0.3, 0.4) is 0 Å². The molecule has 0 aromatic heterocycles. The fourth-order valence-corrected chi connectivity index (χ4v) is 1.22. The number of rotatable bonds is 1. The van der Waals surface area contributed by atoms with Crippen LogP contribution in [0.25, 0.3) is 0 Å². The summed E-state index contributed by atoms with van der Waals surface area (Å²) in [5.74, 6) is -0.120. The van der Waals surface area contributed by atoms with Crippen molar-refractivity contribution in [3.05, 3.63) is 31.7 Å². The molecule has 1 N–H and O–H groups in total. The molecule has 1 aromatic rings. The summed E-state index contributed by atoms with van der Waals surface area (Å²) in [6, 6.07) is 2.27. The summed E-state index contributed by atoms with van der Waals surface area (Å²) in [7, 11) is 0. The fourth-order valence-electron chi connectivity index (χ4n) is 0.666. The minimum Gasteiger partial charge on any atom is -0.507 e. The molecule has 0 atom stereocenters. The lowest BCUT2D eigenvalue weighted by Crippen LogP contribution is -1.88. The molecule has 0 heterocycles. The van der Waals surface area contributed by atoms with Crippen LogP contribution in [-0.2, 0) is 0 Å². The monoisotopic (exact) mass is 251 g/mol. The van der Waals surface area contributed by atoms with Gasteiger partial charge in [-0.25, -0.2) is 0 Å². The molecule has 64 valence electrons. The molecule has 0 fully saturated rings. The first kappa shape index (κ1) is 9.28. The fraction of sp³-hybridized carbons (Fsp3) is 0. The van der Waals surface area contributed by atoms with E-state index in [0.717, 1.165) is 12.1 Å². The van der Waals surface area contributed by atoms with Gasteiger partial charge in [0.25, 0.3) is 5.69 Å². The van der Waals surface area contributed by atoms with Crippen molar-refractivity contribution in [3.8, 4) is 5.75 Å². The summed E-state index contributed by atoms with van der Waals surface area (Å²) < 4.78 is 0.249. The first-order chi connectivity index (χ1) is 5.52. The molecule has 0 bridgehead atoms. The molecule has 0 aliphatic heterocycles. The summed E-state index contributed by atoms with van der Waals surface area (Å²) in [6.07, 6.45) is 0. The van der Waals surface area contributed by atoms with E-state index < -0.39 is 4.92 Å². The van der Waals surface area contributed by atoms with Gasteiger partial charge in [-0.1, -0.05) is 11.6 Å². The van der Waals surface area contributed by atoms with Crippen molar-refractivity contribution in [2.45, 2.75) is 0 Å². The minimum atomic E-state index is -0.619. The molecular formula is C6H3BrClNO3. The average Bonchev–Trinajstić information content (AvgIpc) is 1.96. The van der Waals surface area contributed by atoms with E-state index in [1.165, 1.54) is 0 Å². The van der Waals surface area contributed by atoms with Gasteiger partial charge in [0.2, 0.25) is 0 Å². The van der Waals surface area contributed by atoms with Crippen molar-refractivity contribution >= 4 is 33.2 Å². The molecule has 0 unspecified atom stereocenters. The molecule has 6 heteroatoms. The molecule has 12 heavy (non-hydrogen) atoms. The standard InChI is InChI=1S/C6H3BrClNO3/c7-3-1-5(9(11)12)4(8)2-6(3)10/h1-2,10H. The van der Waals surface area contributed by atoms with Crippen molar-refractivity contribution in [3.63, 3.8) is 0 Å². The lowest BCUT2D eigenvalue weighted by molar-refractivity contribution is -0.384. The number of phenolic OH excluding ortho intramolecular Hbond substituents is 1. The Morgan fingerprint density at radius 3 is 2.67 bits per heavy atom. The highest BCUT2D eigenvalue weighted by Crippen LogP contribution is 2.34. The second kappa shape index (κ2) is 3.28. The first-order valence-electron chi connectivity index (χ1n) is 2.85. The van der Waals surface area contributed by atoms with E-state index in [0.29, 0.717) is 0 Å². The van der Waals surface area contributed by atoms with Crippen LogP contribution in [-0.4, -0.2) is 10.0 Å². The third-order valence-electron chi connectivity index (χ3n) is 1.21. The van der Waals surface area contributed by atoms with Gasteiger partial charge >= 0.3 is 0 Å². The maximum atomic E-state index is 10.3. The maximum absolute atomic E-state index is 10.3. The highest BCUT2D eigenvalue weighted by molar-refractivity contribution is 9.10. The topological polar surface area (TPSA) is 63.4 Å². The van der Waals surface area contributed by atoms with Gasteiger partial charge < -0.3 is 5.11 Å². The van der Waals surface area contributed by atoms with E-state index in [1.54, 1.807) is 0 Å².